The Balaban J connectivity index is 2.09. The van der Waals surface area contributed by atoms with Gasteiger partial charge in [-0.2, -0.15) is 15.0 Å². The van der Waals surface area contributed by atoms with E-state index in [1.165, 1.54) is 11.8 Å². The summed E-state index contributed by atoms with van der Waals surface area (Å²) in [5.41, 5.74) is 13.6. The summed E-state index contributed by atoms with van der Waals surface area (Å²) in [6, 6.07) is 7.46. The van der Waals surface area contributed by atoms with E-state index in [9.17, 15) is 0 Å². The number of hydrogen-bond donors (Lipinski definition) is 3. The van der Waals surface area contributed by atoms with E-state index in [1.807, 2.05) is 31.2 Å². The maximum Gasteiger partial charge on any atom is 0.232 e. The molecule has 1 heterocycles. The first kappa shape index (κ1) is 20.2. The van der Waals surface area contributed by atoms with Crippen LogP contribution in [0.4, 0.5) is 17.6 Å². The Kier molecular flexibility index (Phi) is 7.18. The van der Waals surface area contributed by atoms with Gasteiger partial charge in [0.2, 0.25) is 11.9 Å². The second-order valence-electron chi connectivity index (χ2n) is 5.58. The first-order valence-electron chi connectivity index (χ1n) is 8.08. The molecule has 2 rings (SSSR count). The number of hydrogen-bond acceptors (Lipinski definition) is 9. The molecule has 9 heteroatoms. The van der Waals surface area contributed by atoms with Crippen molar-refractivity contribution >= 4 is 35.1 Å². The third-order valence-electron chi connectivity index (χ3n) is 3.16. The molecule has 0 bridgehead atoms. The number of nitrogens with one attached hydrogen (secondary N) is 1. The van der Waals surface area contributed by atoms with Crippen LogP contribution in [0.2, 0.25) is 0 Å². The summed E-state index contributed by atoms with van der Waals surface area (Å²) in [5.74, 6) is 2.12. The summed E-state index contributed by atoms with van der Waals surface area (Å²) >= 11 is 1.40. The van der Waals surface area contributed by atoms with Crippen LogP contribution in [0.25, 0.3) is 0 Å². The fraction of sp³-hybridized carbons (Fsp3) is 0.222. The summed E-state index contributed by atoms with van der Waals surface area (Å²) in [6.07, 6.45) is 1.78. The van der Waals surface area contributed by atoms with Crippen LogP contribution in [0.15, 0.2) is 52.6 Å². The Labute approximate surface area is 162 Å². The molecule has 0 spiro atoms. The Hall–Kier alpha value is -3.07. The number of ether oxygens (including phenoxy) is 1. The number of para-hydroxylation sites is 2. The molecule has 0 atom stereocenters. The maximum atomic E-state index is 5.81. The molecule has 27 heavy (non-hydrogen) atoms. The zero-order valence-electron chi connectivity index (χ0n) is 15.6. The summed E-state index contributed by atoms with van der Waals surface area (Å²) in [6.45, 7) is 7.59. The number of methoxy groups -OCH3 is 1. The molecule has 0 unspecified atom stereocenters. The van der Waals surface area contributed by atoms with Gasteiger partial charge < -0.3 is 21.5 Å². The van der Waals surface area contributed by atoms with Crippen molar-refractivity contribution in [2.24, 2.45) is 10.7 Å². The van der Waals surface area contributed by atoms with E-state index in [2.05, 4.69) is 31.8 Å². The summed E-state index contributed by atoms with van der Waals surface area (Å²) in [5, 5.41) is 3.73. The molecule has 0 saturated heterocycles. The van der Waals surface area contributed by atoms with Crippen LogP contribution in [-0.2, 0) is 5.75 Å². The lowest BCUT2D eigenvalue weighted by atomic mass is 10.3. The van der Waals surface area contributed by atoms with Gasteiger partial charge in [-0.3, -0.25) is 0 Å². The number of thioether (sulfide) groups is 1. The average Bonchev–Trinajstić information content (AvgIpc) is 2.59. The highest BCUT2D eigenvalue weighted by atomic mass is 32.2. The molecule has 0 aliphatic rings. The highest BCUT2D eigenvalue weighted by Gasteiger charge is 2.08. The standard InChI is InChI=1S/C18H23N7OS/c1-11(19)9-12(2)21-13(3)27-10-16-23-17(20)25-18(24-16)22-14-7-5-6-8-15(14)26-4/h5-9H,3,10,19H2,1-2,4H3,(H3,20,22,23,24,25)/b11-9-,21-12-. The summed E-state index contributed by atoms with van der Waals surface area (Å²) in [4.78, 5) is 17.0. The molecule has 5 N–H and O–H groups in total. The number of anilines is 3. The van der Waals surface area contributed by atoms with E-state index in [-0.39, 0.29) is 5.95 Å². The third kappa shape index (κ3) is 6.63. The van der Waals surface area contributed by atoms with Crippen LogP contribution in [-0.4, -0.2) is 27.8 Å². The van der Waals surface area contributed by atoms with Crippen LogP contribution in [0.5, 0.6) is 5.75 Å². The molecule has 1 aromatic heterocycles. The van der Waals surface area contributed by atoms with Gasteiger partial charge in [-0.25, -0.2) is 4.99 Å². The molecule has 0 amide bonds. The van der Waals surface area contributed by atoms with Gasteiger partial charge in [-0.1, -0.05) is 30.5 Å². The van der Waals surface area contributed by atoms with Crippen LogP contribution in [0, 0.1) is 0 Å². The van der Waals surface area contributed by atoms with Crippen molar-refractivity contribution in [2.45, 2.75) is 19.6 Å². The number of rotatable bonds is 8. The van der Waals surface area contributed by atoms with Crippen molar-refractivity contribution in [3.8, 4) is 5.75 Å². The van der Waals surface area contributed by atoms with Gasteiger partial charge in [0.25, 0.3) is 0 Å². The zero-order valence-corrected chi connectivity index (χ0v) is 16.4. The molecular formula is C18H23N7OS. The van der Waals surface area contributed by atoms with Crippen molar-refractivity contribution in [3.05, 3.63) is 53.5 Å². The predicted octanol–water partition coefficient (Wildman–Crippen LogP) is 3.23. The molecule has 0 fully saturated rings. The van der Waals surface area contributed by atoms with Crippen molar-refractivity contribution in [2.75, 3.05) is 18.2 Å². The first-order chi connectivity index (χ1) is 12.9. The van der Waals surface area contributed by atoms with Crippen LogP contribution in [0.3, 0.4) is 0 Å². The minimum atomic E-state index is 0.130. The second-order valence-corrected chi connectivity index (χ2v) is 6.63. The smallest absolute Gasteiger partial charge is 0.232 e. The molecule has 0 aliphatic carbocycles. The monoisotopic (exact) mass is 385 g/mol. The summed E-state index contributed by atoms with van der Waals surface area (Å²) in [7, 11) is 1.60. The number of aliphatic imine (C=N–C) groups is 1. The molecule has 142 valence electrons. The van der Waals surface area contributed by atoms with Crippen molar-refractivity contribution in [1.82, 2.24) is 15.0 Å². The van der Waals surface area contributed by atoms with Gasteiger partial charge in [0.05, 0.1) is 23.6 Å². The van der Waals surface area contributed by atoms with Gasteiger partial charge >= 0.3 is 0 Å². The number of nitrogens with two attached hydrogens (primary N) is 2. The highest BCUT2D eigenvalue weighted by molar-refractivity contribution is 8.02. The third-order valence-corrected chi connectivity index (χ3v) is 3.99. The molecular weight excluding hydrogens is 362 g/mol. The Morgan fingerprint density at radius 3 is 2.74 bits per heavy atom. The lowest BCUT2D eigenvalue weighted by molar-refractivity contribution is 0.417. The number of benzene rings is 1. The largest absolute Gasteiger partial charge is 0.495 e. The second kappa shape index (κ2) is 9.58. The van der Waals surface area contributed by atoms with Crippen molar-refractivity contribution < 1.29 is 4.74 Å². The van der Waals surface area contributed by atoms with Gasteiger partial charge in [0.1, 0.15) is 11.6 Å². The minimum Gasteiger partial charge on any atom is -0.495 e. The van der Waals surface area contributed by atoms with E-state index in [0.717, 1.165) is 11.4 Å². The predicted molar refractivity (Wildman–Crippen MR) is 112 cm³/mol. The van der Waals surface area contributed by atoms with Gasteiger partial charge in [-0.05, 0) is 32.1 Å². The maximum absolute atomic E-state index is 5.81. The van der Waals surface area contributed by atoms with E-state index in [1.54, 1.807) is 20.1 Å². The number of nitrogen functional groups attached to an aromatic ring is 1. The Morgan fingerprint density at radius 1 is 1.30 bits per heavy atom. The van der Waals surface area contributed by atoms with Crippen LogP contribution < -0.4 is 21.5 Å². The lowest BCUT2D eigenvalue weighted by Gasteiger charge is -2.10. The average molecular weight is 385 g/mol. The molecule has 0 aliphatic heterocycles. The van der Waals surface area contributed by atoms with E-state index < -0.39 is 0 Å². The SMILES string of the molecule is C=C(/N=C(C)\C=C(\C)N)SCc1nc(N)nc(Nc2ccccc2OC)n1. The van der Waals surface area contributed by atoms with E-state index >= 15 is 0 Å². The highest BCUT2D eigenvalue weighted by Crippen LogP contribution is 2.26. The van der Waals surface area contributed by atoms with Gasteiger partial charge in [0, 0.05) is 11.4 Å². The molecule has 0 radical (unpaired) electrons. The number of nitrogens with zero attached hydrogens (tertiary/aromatic N) is 4. The number of allylic oxidation sites excluding steroid dienone is 2. The van der Waals surface area contributed by atoms with E-state index in [0.29, 0.717) is 34.0 Å². The van der Waals surface area contributed by atoms with Gasteiger partial charge in [-0.15, -0.1) is 0 Å². The van der Waals surface area contributed by atoms with Crippen molar-refractivity contribution in [1.29, 1.82) is 0 Å². The fourth-order valence-electron chi connectivity index (χ4n) is 2.17. The van der Waals surface area contributed by atoms with Crippen molar-refractivity contribution in [3.63, 3.8) is 0 Å². The first-order valence-corrected chi connectivity index (χ1v) is 9.07. The summed E-state index contributed by atoms with van der Waals surface area (Å²) < 4.78 is 5.31. The normalized spacial score (nSPS) is 12.0. The Bertz CT molecular complexity index is 876. The Morgan fingerprint density at radius 2 is 2.04 bits per heavy atom. The van der Waals surface area contributed by atoms with Crippen LogP contribution in [0.1, 0.15) is 19.7 Å². The quantitative estimate of drug-likeness (QED) is 0.592. The molecule has 8 nitrogen and oxygen atoms in total. The van der Waals surface area contributed by atoms with E-state index in [4.69, 9.17) is 16.2 Å². The minimum absolute atomic E-state index is 0.130. The fourth-order valence-corrected chi connectivity index (χ4v) is 2.80. The number of aromatic nitrogens is 3. The molecule has 0 saturated carbocycles. The molecule has 2 aromatic rings. The zero-order chi connectivity index (χ0) is 19.8. The van der Waals surface area contributed by atoms with Crippen LogP contribution >= 0.6 is 11.8 Å². The topological polar surface area (TPSA) is 124 Å². The lowest BCUT2D eigenvalue weighted by Crippen LogP contribution is -2.07. The molecule has 1 aromatic carbocycles. The van der Waals surface area contributed by atoms with Gasteiger partial charge in [0.15, 0.2) is 0 Å².